The summed E-state index contributed by atoms with van der Waals surface area (Å²) in [4.78, 5) is 14.5. The number of hydrogen-bond acceptors (Lipinski definition) is 2. The monoisotopic (exact) mass is 266 g/mol. The van der Waals surface area contributed by atoms with Crippen LogP contribution in [0.4, 0.5) is 5.69 Å². The number of nitrogens with two attached hydrogens (primary N) is 1. The van der Waals surface area contributed by atoms with Crippen molar-refractivity contribution in [2.45, 2.75) is 45.2 Å². The van der Waals surface area contributed by atoms with Gasteiger partial charge in [0.25, 0.3) is 5.91 Å². The molecule has 2 rings (SSSR count). The molecule has 3 nitrogen and oxygen atoms in total. The number of amides is 1. The zero-order valence-corrected chi connectivity index (χ0v) is 11.6. The number of rotatable bonds is 1. The number of nitrogen functional groups attached to an aromatic ring is 1. The average Bonchev–Trinajstić information content (AvgIpc) is 2.28. The van der Waals surface area contributed by atoms with Gasteiger partial charge in [0.2, 0.25) is 0 Å². The molecule has 0 spiro atoms. The Morgan fingerprint density at radius 3 is 2.50 bits per heavy atom. The topological polar surface area (TPSA) is 46.3 Å². The molecule has 98 valence electrons. The fraction of sp³-hybridized carbons (Fsp3) is 0.500. The predicted molar refractivity (Wildman–Crippen MR) is 74.8 cm³/mol. The van der Waals surface area contributed by atoms with Crippen LogP contribution in [0.25, 0.3) is 0 Å². The van der Waals surface area contributed by atoms with E-state index in [9.17, 15) is 4.79 Å². The fourth-order valence-electron chi connectivity index (χ4n) is 2.67. The van der Waals surface area contributed by atoms with E-state index in [4.69, 9.17) is 17.3 Å². The highest BCUT2D eigenvalue weighted by molar-refractivity contribution is 6.34. The Morgan fingerprint density at radius 2 is 1.94 bits per heavy atom. The van der Waals surface area contributed by atoms with Gasteiger partial charge in [-0.3, -0.25) is 4.79 Å². The summed E-state index contributed by atoms with van der Waals surface area (Å²) in [6, 6.07) is 5.62. The molecular formula is C14H19ClN2O. The van der Waals surface area contributed by atoms with E-state index in [1.54, 1.807) is 18.2 Å². The molecule has 0 radical (unpaired) electrons. The minimum atomic E-state index is 0.0136. The molecule has 1 amide bonds. The zero-order valence-electron chi connectivity index (χ0n) is 10.8. The summed E-state index contributed by atoms with van der Waals surface area (Å²) in [6.07, 6.45) is 3.30. The first-order valence-corrected chi connectivity index (χ1v) is 6.76. The summed E-state index contributed by atoms with van der Waals surface area (Å²) >= 11 is 6.11. The summed E-state index contributed by atoms with van der Waals surface area (Å²) in [6.45, 7) is 4.19. The van der Waals surface area contributed by atoms with Crippen LogP contribution >= 0.6 is 11.6 Å². The maximum absolute atomic E-state index is 12.6. The van der Waals surface area contributed by atoms with Crippen molar-refractivity contribution in [3.05, 3.63) is 28.8 Å². The lowest BCUT2D eigenvalue weighted by atomic mass is 9.96. The lowest BCUT2D eigenvalue weighted by Gasteiger charge is -2.39. The number of halogens is 1. The number of nitrogens with zero attached hydrogens (tertiary/aromatic N) is 1. The summed E-state index contributed by atoms with van der Waals surface area (Å²) in [5.41, 5.74) is 6.78. The van der Waals surface area contributed by atoms with Crippen LogP contribution in [-0.2, 0) is 0 Å². The Kier molecular flexibility index (Phi) is 3.81. The molecule has 2 N–H and O–H groups in total. The molecule has 18 heavy (non-hydrogen) atoms. The molecule has 1 fully saturated rings. The Morgan fingerprint density at radius 1 is 1.33 bits per heavy atom. The maximum atomic E-state index is 12.6. The van der Waals surface area contributed by atoms with E-state index in [-0.39, 0.29) is 18.0 Å². The van der Waals surface area contributed by atoms with Crippen LogP contribution in [-0.4, -0.2) is 22.9 Å². The fourth-order valence-corrected chi connectivity index (χ4v) is 2.94. The first-order chi connectivity index (χ1) is 8.50. The Hall–Kier alpha value is -1.22. The van der Waals surface area contributed by atoms with Crippen molar-refractivity contribution in [1.29, 1.82) is 0 Å². The van der Waals surface area contributed by atoms with Gasteiger partial charge < -0.3 is 10.6 Å². The van der Waals surface area contributed by atoms with Crippen LogP contribution in [0.3, 0.4) is 0 Å². The maximum Gasteiger partial charge on any atom is 0.255 e. The van der Waals surface area contributed by atoms with Gasteiger partial charge in [-0.15, -0.1) is 0 Å². The minimum Gasteiger partial charge on any atom is -0.399 e. The van der Waals surface area contributed by atoms with Gasteiger partial charge in [-0.1, -0.05) is 11.6 Å². The van der Waals surface area contributed by atoms with Crippen molar-refractivity contribution in [3.63, 3.8) is 0 Å². The standard InChI is InChI=1S/C14H19ClN2O/c1-9-4-3-5-10(2)17(9)14(18)12-7-6-11(16)8-13(12)15/h6-10H,3-5,16H2,1-2H3/t9-,10-/m0/s1. The Balaban J connectivity index is 2.29. The summed E-state index contributed by atoms with van der Waals surface area (Å²) < 4.78 is 0. The van der Waals surface area contributed by atoms with Crippen molar-refractivity contribution in [2.24, 2.45) is 0 Å². The highest BCUT2D eigenvalue weighted by atomic mass is 35.5. The number of hydrogen-bond donors (Lipinski definition) is 1. The highest BCUT2D eigenvalue weighted by Gasteiger charge is 2.30. The second-order valence-corrected chi connectivity index (χ2v) is 5.49. The van der Waals surface area contributed by atoms with Crippen LogP contribution in [0.1, 0.15) is 43.5 Å². The van der Waals surface area contributed by atoms with Crippen molar-refractivity contribution in [1.82, 2.24) is 4.90 Å². The van der Waals surface area contributed by atoms with Gasteiger partial charge in [0.05, 0.1) is 10.6 Å². The summed E-state index contributed by atoms with van der Waals surface area (Å²) in [7, 11) is 0. The molecule has 0 saturated carbocycles. The molecule has 1 saturated heterocycles. The van der Waals surface area contributed by atoms with Gasteiger partial charge in [-0.05, 0) is 51.3 Å². The van der Waals surface area contributed by atoms with Crippen molar-refractivity contribution < 1.29 is 4.79 Å². The molecule has 0 bridgehead atoms. The van der Waals surface area contributed by atoms with E-state index in [1.165, 1.54) is 6.42 Å². The van der Waals surface area contributed by atoms with E-state index in [0.29, 0.717) is 16.3 Å². The Bertz CT molecular complexity index is 451. The number of carbonyl (C=O) groups excluding carboxylic acids is 1. The Labute approximate surface area is 113 Å². The second kappa shape index (κ2) is 5.19. The van der Waals surface area contributed by atoms with E-state index in [2.05, 4.69) is 13.8 Å². The van der Waals surface area contributed by atoms with Crippen LogP contribution in [0.5, 0.6) is 0 Å². The number of piperidine rings is 1. The normalized spacial score (nSPS) is 24.1. The van der Waals surface area contributed by atoms with Gasteiger partial charge in [0.1, 0.15) is 0 Å². The van der Waals surface area contributed by atoms with E-state index in [0.717, 1.165) is 12.8 Å². The summed E-state index contributed by atoms with van der Waals surface area (Å²) in [5.74, 6) is 0.0136. The van der Waals surface area contributed by atoms with Crippen molar-refractivity contribution >= 4 is 23.2 Å². The molecule has 0 unspecified atom stereocenters. The van der Waals surface area contributed by atoms with Crippen molar-refractivity contribution in [3.8, 4) is 0 Å². The lowest BCUT2D eigenvalue weighted by molar-refractivity contribution is 0.0511. The molecule has 2 atom stereocenters. The smallest absolute Gasteiger partial charge is 0.255 e. The third-order valence-electron chi connectivity index (χ3n) is 3.65. The third kappa shape index (κ3) is 2.46. The molecular weight excluding hydrogens is 248 g/mol. The number of benzene rings is 1. The van der Waals surface area contributed by atoms with E-state index >= 15 is 0 Å². The predicted octanol–water partition coefficient (Wildman–Crippen LogP) is 3.33. The first-order valence-electron chi connectivity index (χ1n) is 6.38. The van der Waals surface area contributed by atoms with E-state index in [1.807, 2.05) is 4.90 Å². The molecule has 0 aromatic heterocycles. The second-order valence-electron chi connectivity index (χ2n) is 5.08. The minimum absolute atomic E-state index is 0.0136. The zero-order chi connectivity index (χ0) is 13.3. The molecule has 4 heteroatoms. The van der Waals surface area contributed by atoms with Gasteiger partial charge in [-0.2, -0.15) is 0 Å². The SMILES string of the molecule is C[C@H]1CCC[C@H](C)N1C(=O)c1ccc(N)cc1Cl. The van der Waals surface area contributed by atoms with Gasteiger partial charge in [-0.25, -0.2) is 0 Å². The van der Waals surface area contributed by atoms with Crippen LogP contribution in [0, 0.1) is 0 Å². The molecule has 1 heterocycles. The van der Waals surface area contributed by atoms with Gasteiger partial charge >= 0.3 is 0 Å². The number of anilines is 1. The number of carbonyl (C=O) groups is 1. The molecule has 1 aliphatic rings. The van der Waals surface area contributed by atoms with Crippen molar-refractivity contribution in [2.75, 3.05) is 5.73 Å². The largest absolute Gasteiger partial charge is 0.399 e. The molecule has 1 aromatic rings. The van der Waals surface area contributed by atoms with E-state index < -0.39 is 0 Å². The number of likely N-dealkylation sites (tertiary alicyclic amines) is 1. The third-order valence-corrected chi connectivity index (χ3v) is 3.96. The first kappa shape index (κ1) is 13.2. The van der Waals surface area contributed by atoms with Gasteiger partial charge in [0.15, 0.2) is 0 Å². The van der Waals surface area contributed by atoms with Gasteiger partial charge in [0, 0.05) is 17.8 Å². The lowest BCUT2D eigenvalue weighted by Crippen LogP contribution is -2.47. The highest BCUT2D eigenvalue weighted by Crippen LogP contribution is 2.27. The quantitative estimate of drug-likeness (QED) is 0.793. The average molecular weight is 267 g/mol. The summed E-state index contributed by atoms with van der Waals surface area (Å²) in [5, 5.41) is 0.435. The van der Waals surface area contributed by atoms with Crippen LogP contribution < -0.4 is 5.73 Å². The molecule has 0 aliphatic carbocycles. The molecule has 1 aliphatic heterocycles. The van der Waals surface area contributed by atoms with Crippen LogP contribution in [0.15, 0.2) is 18.2 Å². The van der Waals surface area contributed by atoms with Crippen LogP contribution in [0.2, 0.25) is 5.02 Å². The molecule has 1 aromatic carbocycles.